The van der Waals surface area contributed by atoms with Crippen molar-refractivity contribution >= 4 is 21.8 Å². The Morgan fingerprint density at radius 1 is 0.221 bits per heavy atom. The third-order valence-electron chi connectivity index (χ3n) is 13.7. The van der Waals surface area contributed by atoms with Gasteiger partial charge in [0.05, 0.1) is 39.0 Å². The summed E-state index contributed by atoms with van der Waals surface area (Å²) >= 11 is 0. The maximum absolute atomic E-state index is 13.7. The van der Waals surface area contributed by atoms with E-state index in [0.717, 1.165) is 87.2 Å². The number of halogens is 12. The molecule has 0 N–H and O–H groups in total. The molecule has 77 heavy (non-hydrogen) atoms. The average Bonchev–Trinajstić information content (AvgIpc) is 3.83. The lowest BCUT2D eigenvalue weighted by Crippen LogP contribution is -2.04. The topological polar surface area (TPSA) is 4.93 Å². The Bertz CT molecular complexity index is 3610. The predicted molar refractivity (Wildman–Crippen MR) is 279 cm³/mol. The molecule has 13 heteroatoms. The van der Waals surface area contributed by atoms with Crippen molar-refractivity contribution in [3.8, 4) is 83.6 Å². The molecule has 11 rings (SSSR count). The molecule has 0 amide bonds. The zero-order valence-electron chi connectivity index (χ0n) is 39.8. The van der Waals surface area contributed by atoms with Gasteiger partial charge in [-0.1, -0.05) is 109 Å². The molecule has 0 aliphatic carbocycles. The van der Waals surface area contributed by atoms with Gasteiger partial charge >= 0.3 is 24.7 Å². The van der Waals surface area contributed by atoms with Crippen LogP contribution in [0.3, 0.4) is 0 Å². The fourth-order valence-corrected chi connectivity index (χ4v) is 9.83. The highest BCUT2D eigenvalue weighted by atomic mass is 19.4. The van der Waals surface area contributed by atoms with Crippen LogP contribution in [0.1, 0.15) is 22.3 Å². The van der Waals surface area contributed by atoms with Crippen LogP contribution in [0.25, 0.3) is 105 Å². The number of para-hydroxylation sites is 1. The Morgan fingerprint density at radius 3 is 0.805 bits per heavy atom. The van der Waals surface area contributed by atoms with E-state index in [2.05, 4.69) is 4.57 Å². The van der Waals surface area contributed by atoms with Crippen LogP contribution in [0, 0.1) is 0 Å². The van der Waals surface area contributed by atoms with Gasteiger partial charge < -0.3 is 4.57 Å². The fourth-order valence-electron chi connectivity index (χ4n) is 9.83. The van der Waals surface area contributed by atoms with Crippen molar-refractivity contribution in [1.82, 2.24) is 4.57 Å². The van der Waals surface area contributed by atoms with E-state index in [0.29, 0.717) is 66.8 Å². The number of nitrogens with zero attached hydrogens (tertiary/aromatic N) is 1. The van der Waals surface area contributed by atoms with Crippen LogP contribution in [0.4, 0.5) is 52.7 Å². The summed E-state index contributed by atoms with van der Waals surface area (Å²) in [5.41, 5.74) is 7.11. The van der Waals surface area contributed by atoms with Crippen molar-refractivity contribution in [1.29, 1.82) is 0 Å². The van der Waals surface area contributed by atoms with Gasteiger partial charge in [0, 0.05) is 16.3 Å². The number of alkyl halides is 12. The number of hydrogen-bond donors (Lipinski definition) is 0. The molecule has 10 aromatic carbocycles. The zero-order chi connectivity index (χ0) is 54.0. The van der Waals surface area contributed by atoms with Crippen LogP contribution in [0.2, 0.25) is 0 Å². The van der Waals surface area contributed by atoms with Gasteiger partial charge in [-0.15, -0.1) is 0 Å². The van der Waals surface area contributed by atoms with E-state index in [1.165, 1.54) is 48.5 Å². The average molecular weight is 1050 g/mol. The lowest BCUT2D eigenvalue weighted by molar-refractivity contribution is -0.138. The molecule has 0 aliphatic heterocycles. The van der Waals surface area contributed by atoms with Crippen molar-refractivity contribution in [2.45, 2.75) is 24.7 Å². The van der Waals surface area contributed by atoms with Crippen LogP contribution < -0.4 is 0 Å². The van der Waals surface area contributed by atoms with E-state index in [-0.39, 0.29) is 0 Å². The van der Waals surface area contributed by atoms with Crippen LogP contribution in [-0.2, 0) is 24.7 Å². The van der Waals surface area contributed by atoms with Crippen LogP contribution in [-0.4, -0.2) is 4.57 Å². The number of hydrogen-bond acceptors (Lipinski definition) is 0. The van der Waals surface area contributed by atoms with E-state index >= 15 is 0 Å². The zero-order valence-corrected chi connectivity index (χ0v) is 39.8. The molecule has 1 aromatic heterocycles. The third kappa shape index (κ3) is 10.1. The monoisotopic (exact) mass is 1050 g/mol. The minimum Gasteiger partial charge on any atom is -0.309 e. The van der Waals surface area contributed by atoms with E-state index in [9.17, 15) is 52.7 Å². The summed E-state index contributed by atoms with van der Waals surface area (Å²) in [6, 6.07) is 58.4. The Hall–Kier alpha value is -8.84. The molecule has 0 unspecified atom stereocenters. The molecule has 0 saturated carbocycles. The third-order valence-corrected chi connectivity index (χ3v) is 13.7. The molecular formula is C64H37F12N. The SMILES string of the molecule is FC(F)(F)c1ccc(-c2cc(-c3ccc(C(F)(F)F)cc3)cc(-c3ccc4c(c3)c3cc(-c5cc(-c6ccc(C(F)(F)F)cc6)cc(-c6ccc(C(F)(F)F)cc6)c5)ccc3n4-c3ccccc3-c3ccccc3)c2)cc1. The van der Waals surface area contributed by atoms with Gasteiger partial charge in [0.15, 0.2) is 0 Å². The number of aromatic nitrogens is 1. The molecule has 0 atom stereocenters. The van der Waals surface area contributed by atoms with Gasteiger partial charge in [-0.25, -0.2) is 0 Å². The van der Waals surface area contributed by atoms with Crippen LogP contribution >= 0.6 is 0 Å². The normalized spacial score (nSPS) is 12.4. The van der Waals surface area contributed by atoms with Crippen LogP contribution in [0.5, 0.6) is 0 Å². The first-order valence-electron chi connectivity index (χ1n) is 23.9. The Labute approximate surface area is 432 Å². The first kappa shape index (κ1) is 50.3. The van der Waals surface area contributed by atoms with E-state index in [1.54, 1.807) is 12.1 Å². The molecule has 1 nitrogen and oxygen atoms in total. The number of benzene rings is 10. The fraction of sp³-hybridized carbons (Fsp3) is 0.0625. The highest BCUT2D eigenvalue weighted by Crippen LogP contribution is 2.44. The Morgan fingerprint density at radius 2 is 0.494 bits per heavy atom. The van der Waals surface area contributed by atoms with Gasteiger partial charge in [0.25, 0.3) is 0 Å². The molecule has 0 radical (unpaired) electrons. The van der Waals surface area contributed by atoms with Crippen molar-refractivity contribution in [3.63, 3.8) is 0 Å². The minimum atomic E-state index is -4.59. The maximum atomic E-state index is 13.7. The molecule has 382 valence electrons. The second kappa shape index (κ2) is 19.1. The summed E-state index contributed by atoms with van der Waals surface area (Å²) in [4.78, 5) is 0. The summed E-state index contributed by atoms with van der Waals surface area (Å²) in [7, 11) is 0. The van der Waals surface area contributed by atoms with Crippen molar-refractivity contribution < 1.29 is 52.7 Å². The molecule has 1 heterocycles. The lowest BCUT2D eigenvalue weighted by atomic mass is 9.91. The minimum absolute atomic E-state index is 0.432. The van der Waals surface area contributed by atoms with E-state index in [1.807, 2.05) is 115 Å². The van der Waals surface area contributed by atoms with Crippen LogP contribution in [0.15, 0.2) is 224 Å². The van der Waals surface area contributed by atoms with E-state index in [4.69, 9.17) is 0 Å². The number of fused-ring (bicyclic) bond motifs is 3. The van der Waals surface area contributed by atoms with E-state index < -0.39 is 47.0 Å². The standard InChI is InChI=1S/C64H37F12N/c65-61(66,67)51-20-10-38(11-21-51)45-30-46(39-12-22-52(23-13-39)62(68,69)70)33-49(32-45)43-18-28-59-56(36-43)57-37-44(19-29-60(57)77(59)58-9-5-4-8-55(58)42-6-2-1-3-7-42)50-34-47(40-14-24-53(25-15-40)63(71,72)73)31-48(35-50)41-16-26-54(27-17-41)64(74,75)76/h1-37H. The molecule has 0 saturated heterocycles. The quantitative estimate of drug-likeness (QED) is 0.134. The number of rotatable bonds is 8. The summed E-state index contributed by atoms with van der Waals surface area (Å²) in [6.07, 6.45) is -18.4. The molecule has 0 fully saturated rings. The summed E-state index contributed by atoms with van der Waals surface area (Å²) in [5, 5.41) is 1.50. The van der Waals surface area contributed by atoms with Gasteiger partial charge in [-0.2, -0.15) is 52.7 Å². The molecule has 11 aromatic rings. The Kier molecular flexibility index (Phi) is 12.5. The smallest absolute Gasteiger partial charge is 0.309 e. The molecule has 0 bridgehead atoms. The largest absolute Gasteiger partial charge is 0.416 e. The predicted octanol–water partition coefficient (Wildman–Crippen LogP) is 20.5. The van der Waals surface area contributed by atoms with Gasteiger partial charge in [0.2, 0.25) is 0 Å². The Balaban J connectivity index is 1.13. The van der Waals surface area contributed by atoms with Crippen molar-refractivity contribution in [2.24, 2.45) is 0 Å². The summed E-state index contributed by atoms with van der Waals surface area (Å²) in [6.45, 7) is 0. The second-order valence-electron chi connectivity index (χ2n) is 18.6. The highest BCUT2D eigenvalue weighted by Gasteiger charge is 2.33. The first-order chi connectivity index (χ1) is 36.7. The highest BCUT2D eigenvalue weighted by molar-refractivity contribution is 6.12. The van der Waals surface area contributed by atoms with Gasteiger partial charge in [0.1, 0.15) is 0 Å². The second-order valence-corrected chi connectivity index (χ2v) is 18.6. The molecule has 0 spiro atoms. The summed E-state index contributed by atoms with van der Waals surface area (Å²) < 4.78 is 167. The molecular weight excluding hydrogens is 1010 g/mol. The lowest BCUT2D eigenvalue weighted by Gasteiger charge is -2.15. The van der Waals surface area contributed by atoms with Gasteiger partial charge in [-0.3, -0.25) is 0 Å². The first-order valence-corrected chi connectivity index (χ1v) is 23.9. The molecule has 0 aliphatic rings. The summed E-state index contributed by atoms with van der Waals surface area (Å²) in [5.74, 6) is 0. The van der Waals surface area contributed by atoms with Crippen molar-refractivity contribution in [3.05, 3.63) is 247 Å². The van der Waals surface area contributed by atoms with Gasteiger partial charge in [-0.05, 0) is 188 Å². The van der Waals surface area contributed by atoms with Crippen molar-refractivity contribution in [2.75, 3.05) is 0 Å². The maximum Gasteiger partial charge on any atom is 0.416 e.